The van der Waals surface area contributed by atoms with Crippen molar-refractivity contribution in [2.75, 3.05) is 6.54 Å². The average molecular weight is 196 g/mol. The SMILES string of the molecule is CC1(C)CC(O)CC(C)(C)N1CC#N. The Bertz CT molecular complexity index is 235. The second-order valence-electron chi connectivity index (χ2n) is 5.43. The maximum absolute atomic E-state index is 9.76. The lowest BCUT2D eigenvalue weighted by molar-refractivity contribution is -0.0726. The number of likely N-dealkylation sites (tertiary alicyclic amines) is 1. The Hall–Kier alpha value is -0.590. The summed E-state index contributed by atoms with van der Waals surface area (Å²) < 4.78 is 0. The molecule has 80 valence electrons. The molecule has 1 aliphatic heterocycles. The topological polar surface area (TPSA) is 47.3 Å². The van der Waals surface area contributed by atoms with E-state index in [9.17, 15) is 5.11 Å². The highest BCUT2D eigenvalue weighted by atomic mass is 16.3. The summed E-state index contributed by atoms with van der Waals surface area (Å²) in [6, 6.07) is 2.21. The number of hydrogen-bond donors (Lipinski definition) is 1. The third-order valence-corrected chi connectivity index (χ3v) is 3.16. The van der Waals surface area contributed by atoms with Crippen LogP contribution in [0.2, 0.25) is 0 Å². The average Bonchev–Trinajstić information content (AvgIpc) is 1.94. The summed E-state index contributed by atoms with van der Waals surface area (Å²) in [6.45, 7) is 8.80. The highest BCUT2D eigenvalue weighted by molar-refractivity contribution is 5.02. The first-order valence-electron chi connectivity index (χ1n) is 5.12. The zero-order chi connectivity index (χ0) is 11.0. The summed E-state index contributed by atoms with van der Waals surface area (Å²) in [5.74, 6) is 0. The van der Waals surface area contributed by atoms with Crippen LogP contribution in [-0.4, -0.2) is 33.7 Å². The normalized spacial score (nSPS) is 27.1. The van der Waals surface area contributed by atoms with E-state index in [0.717, 1.165) is 12.8 Å². The lowest BCUT2D eigenvalue weighted by Crippen LogP contribution is -2.61. The van der Waals surface area contributed by atoms with Crippen LogP contribution in [-0.2, 0) is 0 Å². The van der Waals surface area contributed by atoms with Crippen molar-refractivity contribution in [2.45, 2.75) is 57.7 Å². The molecule has 0 unspecified atom stereocenters. The van der Waals surface area contributed by atoms with Crippen LogP contribution in [0.5, 0.6) is 0 Å². The third-order valence-electron chi connectivity index (χ3n) is 3.16. The van der Waals surface area contributed by atoms with Gasteiger partial charge in [0.25, 0.3) is 0 Å². The molecule has 1 N–H and O–H groups in total. The first-order valence-corrected chi connectivity index (χ1v) is 5.12. The molecular weight excluding hydrogens is 176 g/mol. The summed E-state index contributed by atoms with van der Waals surface area (Å²) in [5, 5.41) is 18.6. The van der Waals surface area contributed by atoms with Gasteiger partial charge in [0, 0.05) is 11.1 Å². The molecule has 0 aromatic carbocycles. The van der Waals surface area contributed by atoms with E-state index in [4.69, 9.17) is 5.26 Å². The van der Waals surface area contributed by atoms with Gasteiger partial charge in [-0.1, -0.05) is 0 Å². The zero-order valence-corrected chi connectivity index (χ0v) is 9.54. The lowest BCUT2D eigenvalue weighted by atomic mass is 9.78. The number of rotatable bonds is 1. The Labute approximate surface area is 86.3 Å². The van der Waals surface area contributed by atoms with Crippen LogP contribution in [0.25, 0.3) is 0 Å². The molecule has 0 bridgehead atoms. The van der Waals surface area contributed by atoms with E-state index in [1.165, 1.54) is 0 Å². The Kier molecular flexibility index (Phi) is 2.89. The van der Waals surface area contributed by atoms with Crippen LogP contribution < -0.4 is 0 Å². The minimum atomic E-state index is -0.241. The van der Waals surface area contributed by atoms with E-state index in [-0.39, 0.29) is 17.2 Å². The Morgan fingerprint density at radius 2 is 1.71 bits per heavy atom. The number of aliphatic hydroxyl groups excluding tert-OH is 1. The molecule has 1 rings (SSSR count). The van der Waals surface area contributed by atoms with Crippen molar-refractivity contribution in [1.29, 1.82) is 5.26 Å². The van der Waals surface area contributed by atoms with Gasteiger partial charge >= 0.3 is 0 Å². The Morgan fingerprint density at radius 1 is 1.29 bits per heavy atom. The largest absolute Gasteiger partial charge is 0.393 e. The molecule has 0 atom stereocenters. The quantitative estimate of drug-likeness (QED) is 0.647. The molecule has 0 aromatic rings. The fourth-order valence-electron chi connectivity index (χ4n) is 2.76. The summed E-state index contributed by atoms with van der Waals surface area (Å²) >= 11 is 0. The smallest absolute Gasteiger partial charge is 0.0874 e. The monoisotopic (exact) mass is 196 g/mol. The van der Waals surface area contributed by atoms with E-state index >= 15 is 0 Å². The molecule has 1 heterocycles. The van der Waals surface area contributed by atoms with Gasteiger partial charge in [-0.15, -0.1) is 0 Å². The highest BCUT2D eigenvalue weighted by Gasteiger charge is 2.44. The first-order chi connectivity index (χ1) is 6.29. The zero-order valence-electron chi connectivity index (χ0n) is 9.54. The second kappa shape index (κ2) is 3.52. The van der Waals surface area contributed by atoms with Crippen LogP contribution in [0.15, 0.2) is 0 Å². The van der Waals surface area contributed by atoms with Crippen molar-refractivity contribution < 1.29 is 5.11 Å². The van der Waals surface area contributed by atoms with E-state index in [2.05, 4.69) is 38.7 Å². The number of nitrogens with zero attached hydrogens (tertiary/aromatic N) is 2. The minimum absolute atomic E-state index is 0.0864. The summed E-state index contributed by atoms with van der Waals surface area (Å²) in [4.78, 5) is 2.19. The molecule has 0 radical (unpaired) electrons. The van der Waals surface area contributed by atoms with Gasteiger partial charge in [0.1, 0.15) is 0 Å². The van der Waals surface area contributed by atoms with Gasteiger partial charge in [-0.2, -0.15) is 5.26 Å². The van der Waals surface area contributed by atoms with E-state index in [0.29, 0.717) is 6.54 Å². The molecule has 0 spiro atoms. The van der Waals surface area contributed by atoms with Crippen molar-refractivity contribution in [3.63, 3.8) is 0 Å². The second-order valence-corrected chi connectivity index (χ2v) is 5.43. The van der Waals surface area contributed by atoms with Gasteiger partial charge in [-0.05, 0) is 40.5 Å². The maximum Gasteiger partial charge on any atom is 0.0874 e. The van der Waals surface area contributed by atoms with Crippen LogP contribution in [0.1, 0.15) is 40.5 Å². The molecule has 14 heavy (non-hydrogen) atoms. The van der Waals surface area contributed by atoms with E-state index < -0.39 is 0 Å². The Balaban J connectivity index is 2.92. The predicted molar refractivity (Wildman–Crippen MR) is 55.7 cm³/mol. The molecule has 1 fully saturated rings. The summed E-state index contributed by atoms with van der Waals surface area (Å²) in [7, 11) is 0. The van der Waals surface area contributed by atoms with Crippen molar-refractivity contribution in [3.8, 4) is 6.07 Å². The molecule has 1 aliphatic rings. The van der Waals surface area contributed by atoms with Crippen molar-refractivity contribution in [2.24, 2.45) is 0 Å². The first kappa shape index (κ1) is 11.5. The molecule has 3 heteroatoms. The molecule has 0 aromatic heterocycles. The summed E-state index contributed by atoms with van der Waals surface area (Å²) in [5.41, 5.74) is -0.173. The van der Waals surface area contributed by atoms with Crippen LogP contribution >= 0.6 is 0 Å². The molecule has 3 nitrogen and oxygen atoms in total. The standard InChI is InChI=1S/C11H20N2O/c1-10(2)7-9(14)8-11(3,4)13(10)6-5-12/h9,14H,6-8H2,1-4H3. The van der Waals surface area contributed by atoms with Gasteiger partial charge in [-0.25, -0.2) is 0 Å². The Morgan fingerprint density at radius 3 is 2.07 bits per heavy atom. The summed E-state index contributed by atoms with van der Waals surface area (Å²) in [6.07, 6.45) is 1.26. The molecule has 0 saturated carbocycles. The van der Waals surface area contributed by atoms with Gasteiger partial charge in [0.2, 0.25) is 0 Å². The van der Waals surface area contributed by atoms with E-state index in [1.54, 1.807) is 0 Å². The number of nitriles is 1. The van der Waals surface area contributed by atoms with Crippen LogP contribution in [0.4, 0.5) is 0 Å². The van der Waals surface area contributed by atoms with Crippen molar-refractivity contribution in [1.82, 2.24) is 4.90 Å². The van der Waals surface area contributed by atoms with Gasteiger partial charge in [-0.3, -0.25) is 4.90 Å². The third kappa shape index (κ3) is 2.08. The van der Waals surface area contributed by atoms with Gasteiger partial charge in [0.15, 0.2) is 0 Å². The molecule has 0 amide bonds. The van der Waals surface area contributed by atoms with Crippen molar-refractivity contribution >= 4 is 0 Å². The highest BCUT2D eigenvalue weighted by Crippen LogP contribution is 2.37. The fourth-order valence-corrected chi connectivity index (χ4v) is 2.76. The van der Waals surface area contributed by atoms with Crippen LogP contribution in [0, 0.1) is 11.3 Å². The molecule has 0 aliphatic carbocycles. The lowest BCUT2D eigenvalue weighted by Gasteiger charge is -2.53. The van der Waals surface area contributed by atoms with Crippen LogP contribution in [0.3, 0.4) is 0 Å². The molecular formula is C11H20N2O. The molecule has 1 saturated heterocycles. The maximum atomic E-state index is 9.76. The van der Waals surface area contributed by atoms with Crippen molar-refractivity contribution in [3.05, 3.63) is 0 Å². The number of piperidine rings is 1. The van der Waals surface area contributed by atoms with E-state index in [1.807, 2.05) is 0 Å². The van der Waals surface area contributed by atoms with Gasteiger partial charge < -0.3 is 5.11 Å². The number of aliphatic hydroxyl groups is 1. The number of hydrogen-bond acceptors (Lipinski definition) is 3. The fraction of sp³-hybridized carbons (Fsp3) is 0.909. The minimum Gasteiger partial charge on any atom is -0.393 e. The predicted octanol–water partition coefficient (Wildman–Crippen LogP) is 1.52. The van der Waals surface area contributed by atoms with Gasteiger partial charge in [0.05, 0.1) is 18.7 Å².